The Hall–Kier alpha value is -0.393. The van der Waals surface area contributed by atoms with Crippen molar-refractivity contribution in [1.29, 1.82) is 0 Å². The second kappa shape index (κ2) is 5.43. The predicted octanol–water partition coefficient (Wildman–Crippen LogP) is 3.10. The summed E-state index contributed by atoms with van der Waals surface area (Å²) in [4.78, 5) is 11.9. The van der Waals surface area contributed by atoms with Gasteiger partial charge in [-0.25, -0.2) is 4.79 Å². The van der Waals surface area contributed by atoms with E-state index >= 15 is 0 Å². The molecule has 1 N–H and O–H groups in total. The normalized spacial score (nSPS) is 26.6. The molecule has 20 heavy (non-hydrogen) atoms. The molecule has 0 aliphatic carbocycles. The van der Waals surface area contributed by atoms with Crippen LogP contribution < -0.4 is 0 Å². The fourth-order valence-corrected chi connectivity index (χ4v) is 3.75. The van der Waals surface area contributed by atoms with Gasteiger partial charge in [-0.2, -0.15) is 0 Å². The van der Waals surface area contributed by atoms with Crippen LogP contribution in [0.5, 0.6) is 0 Å². The Bertz CT molecular complexity index is 365. The lowest BCUT2D eigenvalue weighted by molar-refractivity contribution is -0.154. The van der Waals surface area contributed by atoms with Crippen molar-refractivity contribution in [3.63, 3.8) is 0 Å². The van der Waals surface area contributed by atoms with E-state index in [1.165, 1.54) is 0 Å². The van der Waals surface area contributed by atoms with Gasteiger partial charge >= 0.3 is 5.97 Å². The highest BCUT2D eigenvalue weighted by atomic mass is 28.3. The number of esters is 1. The highest BCUT2D eigenvalue weighted by Gasteiger charge is 2.47. The third kappa shape index (κ3) is 3.62. The first-order valence-corrected chi connectivity index (χ1v) is 10.4. The standard InChI is InChI=1S/C15H30O4Si/c1-14(2,3)13-18-10(12(17)19-13)9-11(16)20(7,8)15(4,5)6/h10-11,13,16H,9H2,1-8H3/t10-,11?,13-/m0/s1. The zero-order chi connectivity index (χ0) is 15.9. The summed E-state index contributed by atoms with van der Waals surface area (Å²) < 4.78 is 11.0. The minimum absolute atomic E-state index is 0.0678. The molecule has 1 aliphatic rings. The van der Waals surface area contributed by atoms with E-state index in [-0.39, 0.29) is 16.4 Å². The van der Waals surface area contributed by atoms with Crippen LogP contribution in [0.4, 0.5) is 0 Å². The number of aliphatic hydroxyl groups excluding tert-OH is 1. The monoisotopic (exact) mass is 302 g/mol. The molecule has 1 rings (SSSR count). The molecule has 0 radical (unpaired) electrons. The maximum Gasteiger partial charge on any atom is 0.337 e. The Kier molecular flexibility index (Phi) is 4.79. The lowest BCUT2D eigenvalue weighted by Crippen LogP contribution is -2.51. The van der Waals surface area contributed by atoms with Crippen LogP contribution in [0.25, 0.3) is 0 Å². The molecule has 0 aromatic rings. The van der Waals surface area contributed by atoms with Crippen molar-refractivity contribution in [2.24, 2.45) is 5.41 Å². The first kappa shape index (κ1) is 17.7. The number of rotatable bonds is 3. The molecule has 0 aromatic heterocycles. The smallest absolute Gasteiger partial charge is 0.337 e. The molecule has 0 aromatic carbocycles. The molecule has 4 nitrogen and oxygen atoms in total. The van der Waals surface area contributed by atoms with Crippen LogP contribution in [0, 0.1) is 5.41 Å². The van der Waals surface area contributed by atoms with Crippen LogP contribution in [0.15, 0.2) is 0 Å². The predicted molar refractivity (Wildman–Crippen MR) is 82.0 cm³/mol. The summed E-state index contributed by atoms with van der Waals surface area (Å²) in [6.07, 6.45) is -0.822. The van der Waals surface area contributed by atoms with Crippen molar-refractivity contribution >= 4 is 14.0 Å². The third-order valence-corrected chi connectivity index (χ3v) is 10.5. The third-order valence-electron chi connectivity index (χ3n) is 4.68. The summed E-state index contributed by atoms with van der Waals surface area (Å²) in [5, 5.41) is 10.6. The molecule has 5 heteroatoms. The molecule has 1 unspecified atom stereocenters. The lowest BCUT2D eigenvalue weighted by Gasteiger charge is -2.41. The van der Waals surface area contributed by atoms with Crippen molar-refractivity contribution in [2.75, 3.05) is 0 Å². The number of aliphatic hydroxyl groups is 1. The van der Waals surface area contributed by atoms with Gasteiger partial charge in [0.25, 0.3) is 0 Å². The molecule has 1 fully saturated rings. The summed E-state index contributed by atoms with van der Waals surface area (Å²) in [7, 11) is -1.91. The molecule has 1 saturated heterocycles. The second-order valence-corrected chi connectivity index (χ2v) is 14.1. The summed E-state index contributed by atoms with van der Waals surface area (Å²) in [5.74, 6) is -0.345. The SMILES string of the molecule is CC(C)(C)[C@@H]1OC(=O)[C@H](CC(O)[Si](C)(C)C(C)(C)C)O1. The molecule has 1 aliphatic heterocycles. The largest absolute Gasteiger partial charge is 0.433 e. The first-order valence-electron chi connectivity index (χ1n) is 7.31. The van der Waals surface area contributed by atoms with Crippen molar-refractivity contribution in [3.8, 4) is 0 Å². The Labute approximate surface area is 123 Å². The van der Waals surface area contributed by atoms with Crippen LogP contribution in [0.2, 0.25) is 18.1 Å². The Morgan fingerprint density at radius 3 is 2.05 bits per heavy atom. The van der Waals surface area contributed by atoms with Crippen LogP contribution >= 0.6 is 0 Å². The summed E-state index contributed by atoms with van der Waals surface area (Å²) in [6, 6.07) is 0. The van der Waals surface area contributed by atoms with Crippen molar-refractivity contribution in [2.45, 2.75) is 84.2 Å². The van der Waals surface area contributed by atoms with E-state index < -0.39 is 26.2 Å². The van der Waals surface area contributed by atoms with Gasteiger partial charge in [0.1, 0.15) is 0 Å². The molecular formula is C15H30O4Si. The highest BCUT2D eigenvalue weighted by molar-refractivity contribution is 6.81. The number of carbonyl (C=O) groups is 1. The second-order valence-electron chi connectivity index (χ2n) is 8.48. The fourth-order valence-electron chi connectivity index (χ4n) is 1.94. The fraction of sp³-hybridized carbons (Fsp3) is 0.933. The number of cyclic esters (lactones) is 1. The minimum Gasteiger partial charge on any atom is -0.433 e. The molecular weight excluding hydrogens is 272 g/mol. The van der Waals surface area contributed by atoms with Crippen molar-refractivity contribution < 1.29 is 19.4 Å². The Balaban J connectivity index is 2.73. The minimum atomic E-state index is -1.91. The topological polar surface area (TPSA) is 55.8 Å². The van der Waals surface area contributed by atoms with Gasteiger partial charge in [0.05, 0.1) is 8.07 Å². The highest BCUT2D eigenvalue weighted by Crippen LogP contribution is 2.40. The summed E-state index contributed by atoms with van der Waals surface area (Å²) in [5.41, 5.74) is -0.731. The van der Waals surface area contributed by atoms with Gasteiger partial charge in [-0.3, -0.25) is 0 Å². The van der Waals surface area contributed by atoms with Crippen LogP contribution in [-0.4, -0.2) is 37.3 Å². The molecule has 0 saturated carbocycles. The van der Waals surface area contributed by atoms with Crippen LogP contribution in [0.3, 0.4) is 0 Å². The number of ether oxygens (including phenoxy) is 2. The zero-order valence-electron chi connectivity index (χ0n) is 14.1. The maximum absolute atomic E-state index is 11.9. The maximum atomic E-state index is 11.9. The Morgan fingerprint density at radius 2 is 1.70 bits per heavy atom. The number of hydrogen-bond acceptors (Lipinski definition) is 4. The van der Waals surface area contributed by atoms with Gasteiger partial charge in [0, 0.05) is 17.6 Å². The van der Waals surface area contributed by atoms with Crippen molar-refractivity contribution in [1.82, 2.24) is 0 Å². The number of hydrogen-bond donors (Lipinski definition) is 1. The van der Waals surface area contributed by atoms with E-state index in [0.29, 0.717) is 6.42 Å². The van der Waals surface area contributed by atoms with Gasteiger partial charge in [-0.1, -0.05) is 54.6 Å². The zero-order valence-corrected chi connectivity index (χ0v) is 15.1. The molecule has 1 heterocycles. The van der Waals surface area contributed by atoms with Crippen LogP contribution in [0.1, 0.15) is 48.0 Å². The van der Waals surface area contributed by atoms with E-state index in [9.17, 15) is 9.90 Å². The van der Waals surface area contributed by atoms with E-state index in [2.05, 4.69) is 33.9 Å². The van der Waals surface area contributed by atoms with E-state index in [4.69, 9.17) is 9.47 Å². The van der Waals surface area contributed by atoms with Gasteiger partial charge in [-0.05, 0) is 5.04 Å². The van der Waals surface area contributed by atoms with E-state index in [0.717, 1.165) is 0 Å². The number of carbonyl (C=O) groups excluding carboxylic acids is 1. The van der Waals surface area contributed by atoms with Gasteiger partial charge in [0.15, 0.2) is 6.10 Å². The van der Waals surface area contributed by atoms with Gasteiger partial charge in [-0.15, -0.1) is 0 Å². The van der Waals surface area contributed by atoms with E-state index in [1.807, 2.05) is 20.8 Å². The van der Waals surface area contributed by atoms with Crippen molar-refractivity contribution in [3.05, 3.63) is 0 Å². The van der Waals surface area contributed by atoms with Crippen LogP contribution in [-0.2, 0) is 14.3 Å². The molecule has 0 amide bonds. The molecule has 0 bridgehead atoms. The molecule has 118 valence electrons. The average molecular weight is 302 g/mol. The molecule has 0 spiro atoms. The molecule has 3 atom stereocenters. The van der Waals surface area contributed by atoms with Gasteiger partial charge in [0.2, 0.25) is 6.29 Å². The lowest BCUT2D eigenvalue weighted by atomic mass is 9.96. The Morgan fingerprint density at radius 1 is 1.20 bits per heavy atom. The average Bonchev–Trinajstić information content (AvgIpc) is 2.58. The summed E-state index contributed by atoms with van der Waals surface area (Å²) in [6.45, 7) is 16.7. The summed E-state index contributed by atoms with van der Waals surface area (Å²) >= 11 is 0. The quantitative estimate of drug-likeness (QED) is 0.643. The first-order chi connectivity index (χ1) is 8.76. The van der Waals surface area contributed by atoms with E-state index in [1.54, 1.807) is 0 Å². The van der Waals surface area contributed by atoms with Gasteiger partial charge < -0.3 is 14.6 Å².